The molecule has 7 heteroatoms. The molecule has 24 heavy (non-hydrogen) atoms. The Hall–Kier alpha value is -1.47. The summed E-state index contributed by atoms with van der Waals surface area (Å²) in [6.45, 7) is 0.418. The number of hydrogen-bond donors (Lipinski definition) is 0. The first-order valence-corrected chi connectivity index (χ1v) is 9.07. The summed E-state index contributed by atoms with van der Waals surface area (Å²) in [5.41, 5.74) is -0.100. The predicted molar refractivity (Wildman–Crippen MR) is 91.8 cm³/mol. The monoisotopic (exact) mass is 415 g/mol. The second-order valence-corrected chi connectivity index (χ2v) is 7.33. The van der Waals surface area contributed by atoms with Gasteiger partial charge in [0.2, 0.25) is 0 Å². The Kier molecular flexibility index (Phi) is 4.92. The van der Waals surface area contributed by atoms with Crippen molar-refractivity contribution in [3.05, 3.63) is 69.7 Å². The first kappa shape index (κ1) is 17.4. The molecule has 0 bridgehead atoms. The Morgan fingerprint density at radius 2 is 1.79 bits per heavy atom. The van der Waals surface area contributed by atoms with E-state index in [4.69, 9.17) is 0 Å². The van der Waals surface area contributed by atoms with E-state index in [9.17, 15) is 18.0 Å². The number of amides is 1. The molecule has 0 saturated carbocycles. The number of hydrogen-bond acceptors (Lipinski definition) is 2. The number of thioether (sulfide) groups is 1. The van der Waals surface area contributed by atoms with Gasteiger partial charge >= 0.3 is 6.18 Å². The second-order valence-electron chi connectivity index (χ2n) is 5.29. The highest BCUT2D eigenvalue weighted by atomic mass is 79.9. The lowest BCUT2D eigenvalue weighted by molar-refractivity contribution is -0.138. The van der Waals surface area contributed by atoms with Gasteiger partial charge in [0.15, 0.2) is 0 Å². The van der Waals surface area contributed by atoms with E-state index in [0.29, 0.717) is 22.3 Å². The Morgan fingerprint density at radius 3 is 2.50 bits per heavy atom. The van der Waals surface area contributed by atoms with Crippen LogP contribution < -0.4 is 0 Å². The Labute approximate surface area is 150 Å². The van der Waals surface area contributed by atoms with Crippen LogP contribution in [0.2, 0.25) is 0 Å². The average molecular weight is 416 g/mol. The number of alkyl halides is 3. The third-order valence-electron chi connectivity index (χ3n) is 3.79. The smallest absolute Gasteiger partial charge is 0.322 e. The van der Waals surface area contributed by atoms with Crippen LogP contribution in [0.25, 0.3) is 0 Å². The van der Waals surface area contributed by atoms with Crippen molar-refractivity contribution in [2.75, 3.05) is 12.3 Å². The van der Waals surface area contributed by atoms with Crippen molar-refractivity contribution >= 4 is 33.6 Å². The number of rotatable bonds is 2. The average Bonchev–Trinajstić information content (AvgIpc) is 3.03. The third kappa shape index (κ3) is 3.32. The van der Waals surface area contributed by atoms with Crippen LogP contribution in [0.1, 0.15) is 26.9 Å². The SMILES string of the molecule is O=C(c1ccccc1Br)N1CCSC1c1ccccc1C(F)(F)F. The molecule has 2 aromatic carbocycles. The molecule has 0 N–H and O–H groups in total. The van der Waals surface area contributed by atoms with E-state index in [1.54, 1.807) is 30.3 Å². The number of carbonyl (C=O) groups is 1. The Morgan fingerprint density at radius 1 is 1.12 bits per heavy atom. The molecule has 0 spiro atoms. The van der Waals surface area contributed by atoms with Crippen LogP contribution in [0.4, 0.5) is 13.2 Å². The summed E-state index contributed by atoms with van der Waals surface area (Å²) in [6.07, 6.45) is -4.44. The lowest BCUT2D eigenvalue weighted by Crippen LogP contribution is -2.31. The minimum Gasteiger partial charge on any atom is -0.322 e. The largest absolute Gasteiger partial charge is 0.416 e. The minimum atomic E-state index is -4.44. The Balaban J connectivity index is 1.98. The summed E-state index contributed by atoms with van der Waals surface area (Å²) in [5, 5.41) is -0.637. The van der Waals surface area contributed by atoms with Crippen molar-refractivity contribution in [1.29, 1.82) is 0 Å². The number of benzene rings is 2. The second kappa shape index (κ2) is 6.80. The first-order valence-electron chi connectivity index (χ1n) is 7.23. The summed E-state index contributed by atoms with van der Waals surface area (Å²) in [7, 11) is 0. The molecule has 1 heterocycles. The summed E-state index contributed by atoms with van der Waals surface area (Å²) < 4.78 is 40.5. The molecular formula is C17H13BrF3NOS. The number of carbonyl (C=O) groups excluding carboxylic acids is 1. The fourth-order valence-electron chi connectivity index (χ4n) is 2.70. The van der Waals surface area contributed by atoms with E-state index in [2.05, 4.69) is 15.9 Å². The van der Waals surface area contributed by atoms with Crippen LogP contribution >= 0.6 is 27.7 Å². The maximum Gasteiger partial charge on any atom is 0.416 e. The van der Waals surface area contributed by atoms with Crippen molar-refractivity contribution < 1.29 is 18.0 Å². The van der Waals surface area contributed by atoms with E-state index in [0.717, 1.165) is 6.07 Å². The molecule has 1 amide bonds. The van der Waals surface area contributed by atoms with Crippen LogP contribution in [0.5, 0.6) is 0 Å². The molecule has 0 radical (unpaired) electrons. The molecule has 1 fully saturated rings. The van der Waals surface area contributed by atoms with E-state index < -0.39 is 17.1 Å². The molecule has 126 valence electrons. The summed E-state index contributed by atoms with van der Waals surface area (Å²) in [6, 6.07) is 12.4. The van der Waals surface area contributed by atoms with Gasteiger partial charge < -0.3 is 4.90 Å². The van der Waals surface area contributed by atoms with Crippen LogP contribution in [-0.2, 0) is 6.18 Å². The maximum atomic E-state index is 13.3. The lowest BCUT2D eigenvalue weighted by atomic mass is 10.1. The highest BCUT2D eigenvalue weighted by molar-refractivity contribution is 9.10. The van der Waals surface area contributed by atoms with Gasteiger partial charge in [-0.1, -0.05) is 30.3 Å². The third-order valence-corrected chi connectivity index (χ3v) is 5.72. The molecule has 1 aliphatic heterocycles. The maximum absolute atomic E-state index is 13.3. The summed E-state index contributed by atoms with van der Waals surface area (Å²) in [5.74, 6) is 0.335. The van der Waals surface area contributed by atoms with E-state index >= 15 is 0 Å². The zero-order valence-electron chi connectivity index (χ0n) is 12.4. The normalized spacial score (nSPS) is 18.0. The predicted octanol–water partition coefficient (Wildman–Crippen LogP) is 5.36. The highest BCUT2D eigenvalue weighted by Crippen LogP contribution is 2.44. The molecule has 1 unspecified atom stereocenters. The molecule has 1 saturated heterocycles. The molecule has 0 aliphatic carbocycles. The standard InChI is InChI=1S/C17H13BrF3NOS/c18-14-8-4-2-6-12(14)15(23)22-9-10-24-16(22)11-5-1-3-7-13(11)17(19,20)21/h1-8,16H,9-10H2. The van der Waals surface area contributed by atoms with Gasteiger partial charge in [-0.05, 0) is 39.7 Å². The minimum absolute atomic E-state index is 0.132. The van der Waals surface area contributed by atoms with Crippen molar-refractivity contribution in [3.63, 3.8) is 0 Å². The number of nitrogens with zero attached hydrogens (tertiary/aromatic N) is 1. The zero-order chi connectivity index (χ0) is 17.3. The summed E-state index contributed by atoms with van der Waals surface area (Å²) >= 11 is 4.68. The van der Waals surface area contributed by atoms with Gasteiger partial charge in [0.25, 0.3) is 5.91 Å². The van der Waals surface area contributed by atoms with Crippen LogP contribution in [0, 0.1) is 0 Å². The molecular weight excluding hydrogens is 403 g/mol. The van der Waals surface area contributed by atoms with Gasteiger partial charge in [0.05, 0.1) is 11.1 Å². The van der Waals surface area contributed by atoms with Gasteiger partial charge in [-0.2, -0.15) is 13.2 Å². The lowest BCUT2D eigenvalue weighted by Gasteiger charge is -2.26. The van der Waals surface area contributed by atoms with E-state index in [1.807, 2.05) is 0 Å². The highest BCUT2D eigenvalue weighted by Gasteiger charge is 2.39. The fraction of sp³-hybridized carbons (Fsp3) is 0.235. The van der Waals surface area contributed by atoms with Crippen molar-refractivity contribution in [2.45, 2.75) is 11.6 Å². The summed E-state index contributed by atoms with van der Waals surface area (Å²) in [4.78, 5) is 14.3. The van der Waals surface area contributed by atoms with Crippen molar-refractivity contribution in [3.8, 4) is 0 Å². The molecule has 2 nitrogen and oxygen atoms in total. The van der Waals surface area contributed by atoms with E-state index in [-0.39, 0.29) is 11.5 Å². The quantitative estimate of drug-likeness (QED) is 0.658. The molecule has 1 aliphatic rings. The number of halogens is 4. The van der Waals surface area contributed by atoms with Gasteiger partial charge in [0, 0.05) is 16.8 Å². The molecule has 1 atom stereocenters. The van der Waals surface area contributed by atoms with Crippen molar-refractivity contribution in [2.24, 2.45) is 0 Å². The molecule has 2 aromatic rings. The first-order chi connectivity index (χ1) is 11.4. The van der Waals surface area contributed by atoms with Crippen LogP contribution in [-0.4, -0.2) is 23.1 Å². The van der Waals surface area contributed by atoms with Crippen LogP contribution in [0.15, 0.2) is 53.0 Å². The fourth-order valence-corrected chi connectivity index (χ4v) is 4.44. The van der Waals surface area contributed by atoms with Gasteiger partial charge in [0.1, 0.15) is 5.37 Å². The van der Waals surface area contributed by atoms with Crippen LogP contribution in [0.3, 0.4) is 0 Å². The van der Waals surface area contributed by atoms with Gasteiger partial charge in [-0.25, -0.2) is 0 Å². The topological polar surface area (TPSA) is 20.3 Å². The van der Waals surface area contributed by atoms with E-state index in [1.165, 1.54) is 28.8 Å². The molecule has 0 aromatic heterocycles. The van der Waals surface area contributed by atoms with Gasteiger partial charge in [-0.3, -0.25) is 4.79 Å². The van der Waals surface area contributed by atoms with Crippen molar-refractivity contribution in [1.82, 2.24) is 4.90 Å². The Bertz CT molecular complexity index is 765. The van der Waals surface area contributed by atoms with Gasteiger partial charge in [-0.15, -0.1) is 11.8 Å². The molecule has 3 rings (SSSR count). The zero-order valence-corrected chi connectivity index (χ0v) is 14.8.